The lowest BCUT2D eigenvalue weighted by molar-refractivity contribution is -0.130. The first-order valence-electron chi connectivity index (χ1n) is 7.31. The molecule has 21 heavy (non-hydrogen) atoms. The van der Waals surface area contributed by atoms with Crippen LogP contribution in [0.2, 0.25) is 0 Å². The molecule has 0 spiro atoms. The van der Waals surface area contributed by atoms with Crippen LogP contribution >= 0.6 is 0 Å². The zero-order chi connectivity index (χ0) is 14.7. The highest BCUT2D eigenvalue weighted by Crippen LogP contribution is 2.31. The molecule has 0 bridgehead atoms. The molecule has 1 N–H and O–H groups in total. The van der Waals surface area contributed by atoms with Crippen LogP contribution in [-0.2, 0) is 11.8 Å². The quantitative estimate of drug-likeness (QED) is 0.936. The van der Waals surface area contributed by atoms with Gasteiger partial charge in [-0.15, -0.1) is 0 Å². The maximum absolute atomic E-state index is 12.4. The van der Waals surface area contributed by atoms with E-state index in [9.17, 15) is 4.79 Å². The molecule has 1 aliphatic heterocycles. The maximum atomic E-state index is 12.4. The lowest BCUT2D eigenvalue weighted by Crippen LogP contribution is -2.35. The van der Waals surface area contributed by atoms with Gasteiger partial charge in [-0.3, -0.25) is 9.48 Å². The Morgan fingerprint density at radius 3 is 2.90 bits per heavy atom. The Kier molecular flexibility index (Phi) is 3.90. The molecular formula is C16H20N4O. The largest absolute Gasteiger partial charge is 0.376 e. The first kappa shape index (κ1) is 13.7. The SMILES string of the molecule is Cn1cc(C2CCCN2C(=O)CNc2ccccc2)cn1. The molecule has 1 aliphatic rings. The molecule has 2 aromatic rings. The number of aromatic nitrogens is 2. The van der Waals surface area contributed by atoms with Crippen LogP contribution in [0.1, 0.15) is 24.4 Å². The van der Waals surface area contributed by atoms with Crippen LogP contribution in [0.4, 0.5) is 5.69 Å². The number of likely N-dealkylation sites (tertiary alicyclic amines) is 1. The summed E-state index contributed by atoms with van der Waals surface area (Å²) in [6, 6.07) is 9.99. The molecule has 1 saturated heterocycles. The summed E-state index contributed by atoms with van der Waals surface area (Å²) in [7, 11) is 1.90. The molecule has 1 aromatic heterocycles. The van der Waals surface area contributed by atoms with Gasteiger partial charge in [0.25, 0.3) is 0 Å². The molecule has 1 unspecified atom stereocenters. The number of para-hydroxylation sites is 1. The van der Waals surface area contributed by atoms with Gasteiger partial charge in [0, 0.05) is 31.0 Å². The van der Waals surface area contributed by atoms with E-state index in [0.29, 0.717) is 6.54 Å². The van der Waals surface area contributed by atoms with Crippen LogP contribution in [-0.4, -0.2) is 33.7 Å². The van der Waals surface area contributed by atoms with Crippen molar-refractivity contribution in [3.63, 3.8) is 0 Å². The Morgan fingerprint density at radius 1 is 1.38 bits per heavy atom. The van der Waals surface area contributed by atoms with Crippen molar-refractivity contribution in [2.24, 2.45) is 7.05 Å². The number of hydrogen-bond acceptors (Lipinski definition) is 3. The highest BCUT2D eigenvalue weighted by atomic mass is 16.2. The average molecular weight is 284 g/mol. The first-order valence-corrected chi connectivity index (χ1v) is 7.31. The summed E-state index contributed by atoms with van der Waals surface area (Å²) < 4.78 is 1.79. The van der Waals surface area contributed by atoms with Gasteiger partial charge < -0.3 is 10.2 Å². The fourth-order valence-electron chi connectivity index (χ4n) is 2.86. The number of rotatable bonds is 4. The van der Waals surface area contributed by atoms with Crippen LogP contribution in [0.3, 0.4) is 0 Å². The minimum absolute atomic E-state index is 0.144. The van der Waals surface area contributed by atoms with Gasteiger partial charge in [-0.05, 0) is 25.0 Å². The van der Waals surface area contributed by atoms with Crippen molar-refractivity contribution in [3.05, 3.63) is 48.3 Å². The van der Waals surface area contributed by atoms with Gasteiger partial charge in [-0.1, -0.05) is 18.2 Å². The first-order chi connectivity index (χ1) is 10.2. The molecule has 3 rings (SSSR count). The smallest absolute Gasteiger partial charge is 0.242 e. The highest BCUT2D eigenvalue weighted by Gasteiger charge is 2.30. The van der Waals surface area contributed by atoms with Gasteiger partial charge in [0.15, 0.2) is 0 Å². The average Bonchev–Trinajstić information content (AvgIpc) is 3.14. The number of carbonyl (C=O) groups excluding carboxylic acids is 1. The second kappa shape index (κ2) is 5.99. The van der Waals surface area contributed by atoms with Gasteiger partial charge >= 0.3 is 0 Å². The molecule has 0 radical (unpaired) electrons. The van der Waals surface area contributed by atoms with Gasteiger partial charge in [0.2, 0.25) is 5.91 Å². The van der Waals surface area contributed by atoms with Crippen LogP contribution in [0.5, 0.6) is 0 Å². The van der Waals surface area contributed by atoms with Gasteiger partial charge in [0.1, 0.15) is 0 Å². The molecule has 0 aliphatic carbocycles. The molecule has 110 valence electrons. The molecule has 1 atom stereocenters. The van der Waals surface area contributed by atoms with E-state index in [1.165, 1.54) is 0 Å². The highest BCUT2D eigenvalue weighted by molar-refractivity contribution is 5.81. The molecule has 1 aromatic carbocycles. The molecule has 2 heterocycles. The third-order valence-corrected chi connectivity index (χ3v) is 3.90. The Morgan fingerprint density at radius 2 is 2.19 bits per heavy atom. The number of benzene rings is 1. The Balaban J connectivity index is 1.63. The monoisotopic (exact) mass is 284 g/mol. The minimum Gasteiger partial charge on any atom is -0.376 e. The summed E-state index contributed by atoms with van der Waals surface area (Å²) >= 11 is 0. The van der Waals surface area contributed by atoms with E-state index in [2.05, 4.69) is 10.4 Å². The minimum atomic E-state index is 0.144. The zero-order valence-electron chi connectivity index (χ0n) is 12.2. The Bertz CT molecular complexity index is 608. The van der Waals surface area contributed by atoms with Crippen LogP contribution < -0.4 is 5.32 Å². The topological polar surface area (TPSA) is 50.2 Å². The van der Waals surface area contributed by atoms with E-state index in [0.717, 1.165) is 30.6 Å². The molecule has 0 saturated carbocycles. The van der Waals surface area contributed by atoms with Gasteiger partial charge in [-0.2, -0.15) is 5.10 Å². The molecule has 1 fully saturated rings. The molecule has 5 heteroatoms. The summed E-state index contributed by atoms with van der Waals surface area (Å²) in [5, 5.41) is 7.40. The van der Waals surface area contributed by atoms with Gasteiger partial charge in [-0.25, -0.2) is 0 Å². The predicted molar refractivity (Wildman–Crippen MR) is 81.8 cm³/mol. The fraction of sp³-hybridized carbons (Fsp3) is 0.375. The summed E-state index contributed by atoms with van der Waals surface area (Å²) in [4.78, 5) is 14.4. The van der Waals surface area contributed by atoms with Crippen molar-refractivity contribution in [1.82, 2.24) is 14.7 Å². The summed E-state index contributed by atoms with van der Waals surface area (Å²) in [5.41, 5.74) is 2.10. The summed E-state index contributed by atoms with van der Waals surface area (Å²) in [5.74, 6) is 0.144. The van der Waals surface area contributed by atoms with Crippen molar-refractivity contribution in [3.8, 4) is 0 Å². The van der Waals surface area contributed by atoms with Crippen LogP contribution in [0.25, 0.3) is 0 Å². The predicted octanol–water partition coefficient (Wildman–Crippen LogP) is 2.20. The van der Waals surface area contributed by atoms with Crippen molar-refractivity contribution >= 4 is 11.6 Å². The second-order valence-corrected chi connectivity index (χ2v) is 5.41. The number of anilines is 1. The number of carbonyl (C=O) groups is 1. The van der Waals surface area contributed by atoms with Crippen molar-refractivity contribution in [1.29, 1.82) is 0 Å². The zero-order valence-corrected chi connectivity index (χ0v) is 12.2. The standard InChI is InChI=1S/C16H20N4O/c1-19-12-13(10-18-19)15-8-5-9-20(15)16(21)11-17-14-6-3-2-4-7-14/h2-4,6-7,10,12,15,17H,5,8-9,11H2,1H3. The number of amides is 1. The lowest BCUT2D eigenvalue weighted by Gasteiger charge is -2.24. The van der Waals surface area contributed by atoms with Crippen molar-refractivity contribution in [2.75, 3.05) is 18.4 Å². The van der Waals surface area contributed by atoms with E-state index in [1.54, 1.807) is 4.68 Å². The normalized spacial score (nSPS) is 18.0. The second-order valence-electron chi connectivity index (χ2n) is 5.41. The van der Waals surface area contributed by atoms with Crippen LogP contribution in [0.15, 0.2) is 42.7 Å². The Hall–Kier alpha value is -2.30. The van der Waals surface area contributed by atoms with E-state index < -0.39 is 0 Å². The van der Waals surface area contributed by atoms with Crippen LogP contribution in [0, 0.1) is 0 Å². The molecule has 5 nitrogen and oxygen atoms in total. The number of hydrogen-bond donors (Lipinski definition) is 1. The lowest BCUT2D eigenvalue weighted by atomic mass is 10.1. The third-order valence-electron chi connectivity index (χ3n) is 3.90. The molecular weight excluding hydrogens is 264 g/mol. The number of nitrogens with one attached hydrogen (secondary N) is 1. The number of aryl methyl sites for hydroxylation is 1. The Labute approximate surface area is 124 Å². The summed E-state index contributed by atoms with van der Waals surface area (Å²) in [6.07, 6.45) is 5.93. The molecule has 1 amide bonds. The fourth-order valence-corrected chi connectivity index (χ4v) is 2.86. The third kappa shape index (κ3) is 3.07. The van der Waals surface area contributed by atoms with E-state index in [1.807, 2.05) is 54.7 Å². The van der Waals surface area contributed by atoms with E-state index in [4.69, 9.17) is 0 Å². The van der Waals surface area contributed by atoms with Crippen molar-refractivity contribution in [2.45, 2.75) is 18.9 Å². The van der Waals surface area contributed by atoms with Gasteiger partial charge in [0.05, 0.1) is 18.8 Å². The summed E-state index contributed by atoms with van der Waals surface area (Å²) in [6.45, 7) is 1.16. The van der Waals surface area contributed by atoms with E-state index >= 15 is 0 Å². The van der Waals surface area contributed by atoms with E-state index in [-0.39, 0.29) is 11.9 Å². The maximum Gasteiger partial charge on any atom is 0.242 e. The van der Waals surface area contributed by atoms with Crippen molar-refractivity contribution < 1.29 is 4.79 Å². The number of nitrogens with zero attached hydrogens (tertiary/aromatic N) is 3.